The fourth-order valence-corrected chi connectivity index (χ4v) is 2.93. The highest BCUT2D eigenvalue weighted by Gasteiger charge is 2.11. The second-order valence-corrected chi connectivity index (χ2v) is 6.67. The van der Waals surface area contributed by atoms with Gasteiger partial charge in [0.1, 0.15) is 0 Å². The molecule has 2 N–H and O–H groups in total. The first-order valence-corrected chi connectivity index (χ1v) is 8.93. The molecular weight excluding hydrogens is 387 g/mol. The molecule has 0 saturated heterocycles. The number of carbonyl (C=O) groups excluding carboxylic acids is 1. The summed E-state index contributed by atoms with van der Waals surface area (Å²) < 4.78 is 0. The number of anilines is 1. The zero-order chi connectivity index (χ0) is 18.5. The molecule has 0 unspecified atom stereocenters. The van der Waals surface area contributed by atoms with Gasteiger partial charge >= 0.3 is 0 Å². The normalized spacial score (nSPS) is 10.2. The first kappa shape index (κ1) is 18.4. The van der Waals surface area contributed by atoms with Crippen LogP contribution in [0.4, 0.5) is 5.69 Å². The summed E-state index contributed by atoms with van der Waals surface area (Å²) in [5.41, 5.74) is 3.21. The molecule has 0 atom stereocenters. The van der Waals surface area contributed by atoms with Gasteiger partial charge in [-0.05, 0) is 42.0 Å². The molecule has 3 nitrogen and oxygen atoms in total. The smallest absolute Gasteiger partial charge is 0.257 e. The first-order chi connectivity index (χ1) is 12.5. The van der Waals surface area contributed by atoms with Crippen LogP contribution in [0.2, 0.25) is 10.0 Å². The zero-order valence-electron chi connectivity index (χ0n) is 13.5. The van der Waals surface area contributed by atoms with Crippen molar-refractivity contribution in [2.45, 2.75) is 0 Å². The molecule has 0 aliphatic heterocycles. The topological polar surface area (TPSA) is 41.1 Å². The molecule has 3 aromatic rings. The standard InChI is InChI=1S/C20H14Cl2N2OS/c21-16-11-10-14(12-17(16)22)19(25)24-20(26)23-18-9-5-4-8-15(18)13-6-2-1-3-7-13/h1-12H,(H2,23,24,25,26). The molecule has 3 aromatic carbocycles. The van der Waals surface area contributed by atoms with E-state index in [-0.39, 0.29) is 11.0 Å². The minimum Gasteiger partial charge on any atom is -0.332 e. The predicted molar refractivity (Wildman–Crippen MR) is 112 cm³/mol. The van der Waals surface area contributed by atoms with Crippen LogP contribution in [0.5, 0.6) is 0 Å². The summed E-state index contributed by atoms with van der Waals surface area (Å²) in [7, 11) is 0. The summed E-state index contributed by atoms with van der Waals surface area (Å²) in [5, 5.41) is 6.63. The van der Waals surface area contributed by atoms with Crippen molar-refractivity contribution in [3.8, 4) is 11.1 Å². The third-order valence-electron chi connectivity index (χ3n) is 3.67. The highest BCUT2D eigenvalue weighted by atomic mass is 35.5. The maximum atomic E-state index is 12.3. The van der Waals surface area contributed by atoms with Crippen LogP contribution < -0.4 is 10.6 Å². The van der Waals surface area contributed by atoms with Crippen LogP contribution >= 0.6 is 35.4 Å². The molecule has 0 heterocycles. The van der Waals surface area contributed by atoms with Gasteiger partial charge in [-0.15, -0.1) is 0 Å². The van der Waals surface area contributed by atoms with Gasteiger partial charge < -0.3 is 5.32 Å². The Morgan fingerprint density at radius 3 is 2.27 bits per heavy atom. The van der Waals surface area contributed by atoms with Crippen molar-refractivity contribution in [1.82, 2.24) is 5.32 Å². The highest BCUT2D eigenvalue weighted by Crippen LogP contribution is 2.27. The van der Waals surface area contributed by atoms with Gasteiger partial charge in [0, 0.05) is 16.8 Å². The first-order valence-electron chi connectivity index (χ1n) is 7.76. The lowest BCUT2D eigenvalue weighted by Gasteiger charge is -2.14. The SMILES string of the molecule is O=C(NC(=S)Nc1ccccc1-c1ccccc1)c1ccc(Cl)c(Cl)c1. The van der Waals surface area contributed by atoms with Gasteiger partial charge in [-0.1, -0.05) is 71.7 Å². The molecule has 1 amide bonds. The van der Waals surface area contributed by atoms with Gasteiger partial charge in [-0.2, -0.15) is 0 Å². The maximum absolute atomic E-state index is 12.3. The molecule has 0 aliphatic rings. The molecule has 0 aliphatic carbocycles. The lowest BCUT2D eigenvalue weighted by atomic mass is 10.0. The maximum Gasteiger partial charge on any atom is 0.257 e. The second-order valence-electron chi connectivity index (χ2n) is 5.45. The lowest BCUT2D eigenvalue weighted by Crippen LogP contribution is -2.34. The van der Waals surface area contributed by atoms with Crippen molar-refractivity contribution in [3.05, 3.63) is 88.4 Å². The van der Waals surface area contributed by atoms with E-state index >= 15 is 0 Å². The Balaban J connectivity index is 1.75. The Morgan fingerprint density at radius 1 is 0.846 bits per heavy atom. The average molecular weight is 401 g/mol. The van der Waals surface area contributed by atoms with E-state index in [4.69, 9.17) is 35.4 Å². The summed E-state index contributed by atoms with van der Waals surface area (Å²) in [6.07, 6.45) is 0. The largest absolute Gasteiger partial charge is 0.332 e. The van der Waals surface area contributed by atoms with Gasteiger partial charge in [0.25, 0.3) is 5.91 Å². The Hall–Kier alpha value is -2.40. The fraction of sp³-hybridized carbons (Fsp3) is 0. The number of benzene rings is 3. The zero-order valence-corrected chi connectivity index (χ0v) is 15.8. The van der Waals surface area contributed by atoms with Crippen LogP contribution in [0.15, 0.2) is 72.8 Å². The quantitative estimate of drug-likeness (QED) is 0.546. The Kier molecular flexibility index (Phi) is 5.89. The molecule has 0 bridgehead atoms. The third-order valence-corrected chi connectivity index (χ3v) is 4.61. The molecule has 0 fully saturated rings. The van der Waals surface area contributed by atoms with Crippen LogP contribution in [-0.2, 0) is 0 Å². The van der Waals surface area contributed by atoms with E-state index in [2.05, 4.69) is 10.6 Å². The monoisotopic (exact) mass is 400 g/mol. The Morgan fingerprint density at radius 2 is 1.54 bits per heavy atom. The van der Waals surface area contributed by atoms with Gasteiger partial charge in [0.2, 0.25) is 0 Å². The average Bonchev–Trinajstić information content (AvgIpc) is 2.65. The Bertz CT molecular complexity index is 961. The molecule has 3 rings (SSSR count). The van der Waals surface area contributed by atoms with E-state index in [9.17, 15) is 4.79 Å². The molecule has 0 aromatic heterocycles. The fourth-order valence-electron chi connectivity index (χ4n) is 2.43. The van der Waals surface area contributed by atoms with E-state index in [1.165, 1.54) is 6.07 Å². The summed E-state index contributed by atoms with van der Waals surface area (Å²) in [4.78, 5) is 12.3. The molecule has 0 saturated carbocycles. The predicted octanol–water partition coefficient (Wildman–Crippen LogP) is 5.79. The van der Waals surface area contributed by atoms with Crippen LogP contribution in [-0.4, -0.2) is 11.0 Å². The number of para-hydroxylation sites is 1. The van der Waals surface area contributed by atoms with Crippen LogP contribution in [0.25, 0.3) is 11.1 Å². The van der Waals surface area contributed by atoms with E-state index in [1.807, 2.05) is 54.6 Å². The van der Waals surface area contributed by atoms with Crippen molar-refractivity contribution >= 4 is 52.1 Å². The van der Waals surface area contributed by atoms with E-state index in [0.717, 1.165) is 16.8 Å². The molecule has 0 spiro atoms. The molecular formula is C20H14Cl2N2OS. The number of hydrogen-bond acceptors (Lipinski definition) is 2. The minimum atomic E-state index is -0.363. The summed E-state index contributed by atoms with van der Waals surface area (Å²) >= 11 is 17.1. The van der Waals surface area contributed by atoms with Crippen molar-refractivity contribution in [2.75, 3.05) is 5.32 Å². The summed E-state index contributed by atoms with van der Waals surface area (Å²) in [6, 6.07) is 22.3. The number of thiocarbonyl (C=S) groups is 1. The van der Waals surface area contributed by atoms with Gasteiger partial charge in [0.15, 0.2) is 5.11 Å². The number of carbonyl (C=O) groups is 1. The molecule has 26 heavy (non-hydrogen) atoms. The lowest BCUT2D eigenvalue weighted by molar-refractivity contribution is 0.0977. The molecule has 6 heteroatoms. The number of nitrogens with one attached hydrogen (secondary N) is 2. The minimum absolute atomic E-state index is 0.199. The second kappa shape index (κ2) is 8.32. The van der Waals surface area contributed by atoms with Crippen molar-refractivity contribution in [1.29, 1.82) is 0 Å². The third kappa shape index (κ3) is 4.41. The Labute approximate surface area is 167 Å². The summed E-state index contributed by atoms with van der Waals surface area (Å²) in [6.45, 7) is 0. The van der Waals surface area contributed by atoms with Crippen molar-refractivity contribution in [2.24, 2.45) is 0 Å². The van der Waals surface area contributed by atoms with Crippen molar-refractivity contribution < 1.29 is 4.79 Å². The van der Waals surface area contributed by atoms with Crippen LogP contribution in [0, 0.1) is 0 Å². The molecule has 130 valence electrons. The number of rotatable bonds is 3. The molecule has 0 radical (unpaired) electrons. The van der Waals surface area contributed by atoms with Crippen molar-refractivity contribution in [3.63, 3.8) is 0 Å². The van der Waals surface area contributed by atoms with Gasteiger partial charge in [-0.25, -0.2) is 0 Å². The van der Waals surface area contributed by atoms with E-state index in [0.29, 0.717) is 15.6 Å². The van der Waals surface area contributed by atoms with Crippen LogP contribution in [0.3, 0.4) is 0 Å². The van der Waals surface area contributed by atoms with Gasteiger partial charge in [0.05, 0.1) is 10.0 Å². The highest BCUT2D eigenvalue weighted by molar-refractivity contribution is 7.80. The number of amides is 1. The number of hydrogen-bond donors (Lipinski definition) is 2. The summed E-state index contributed by atoms with van der Waals surface area (Å²) in [5.74, 6) is -0.363. The number of halogens is 2. The van der Waals surface area contributed by atoms with E-state index in [1.54, 1.807) is 12.1 Å². The van der Waals surface area contributed by atoms with E-state index < -0.39 is 0 Å². The van der Waals surface area contributed by atoms with Crippen LogP contribution in [0.1, 0.15) is 10.4 Å². The van der Waals surface area contributed by atoms with Gasteiger partial charge in [-0.3, -0.25) is 10.1 Å².